The van der Waals surface area contributed by atoms with Gasteiger partial charge in [-0.25, -0.2) is 4.39 Å². The zero-order valence-electron chi connectivity index (χ0n) is 24.7. The van der Waals surface area contributed by atoms with Gasteiger partial charge >= 0.3 is 0 Å². The molecule has 1 saturated carbocycles. The van der Waals surface area contributed by atoms with E-state index in [0.29, 0.717) is 18.9 Å². The molecule has 3 aromatic carbocycles. The fraction of sp³-hybridized carbons (Fsp3) is 0.333. The average Bonchev–Trinajstić information content (AvgIpc) is 3.59. The largest absolute Gasteiger partial charge is 0.344 e. The number of aromatic amines is 1. The van der Waals surface area contributed by atoms with Gasteiger partial charge in [-0.3, -0.25) is 14.4 Å². The van der Waals surface area contributed by atoms with Gasteiger partial charge in [0.1, 0.15) is 11.9 Å². The number of nitrogens with one attached hydrogen (secondary N) is 4. The number of nitrogens with zero attached hydrogens (tertiary/aromatic N) is 3. The molecule has 6 N–H and O–H groups in total. The highest BCUT2D eigenvalue weighted by molar-refractivity contribution is 5.98. The number of nitrogens with two attached hydrogens (primary N) is 1. The van der Waals surface area contributed by atoms with Crippen molar-refractivity contribution in [2.45, 2.75) is 51.0 Å². The third-order valence-electron chi connectivity index (χ3n) is 8.74. The van der Waals surface area contributed by atoms with Gasteiger partial charge in [-0.05, 0) is 96.3 Å². The first kappa shape index (κ1) is 30.1. The standard InChI is InChI=1S/C33H35FN8O3/c34-27-17-25(12-13-26(27)31-39-41-42-40-31)36-33(45)29(38-32(44)23-7-3-20(18-35)4-8-23)15-19-1-5-21(6-2-19)24-10-9-22-11-14-30(43)37-28(22)16-24/h1-2,5-6,9-10,12-13,16-17,20,23,29H,3-4,7-8,11,14-15,18,35H2,(H,36,45)(H,37,43)(H,38,44)(H,39,40,41,42)/t20?,23?,29-/m0/s1. The Hall–Kier alpha value is -4.97. The SMILES string of the molecule is NCC1CCC(C(=O)N[C@@H](Cc2ccc(-c3ccc4c(c3)NC(=O)CC4)cc2)C(=O)Nc2ccc(-c3nn[nH]n3)c(F)c2)CC1. The molecule has 2 aliphatic rings. The van der Waals surface area contributed by atoms with Crippen molar-refractivity contribution in [2.24, 2.45) is 17.6 Å². The van der Waals surface area contributed by atoms with Crippen LogP contribution in [0.4, 0.5) is 15.8 Å². The zero-order valence-corrected chi connectivity index (χ0v) is 24.7. The molecule has 0 unspecified atom stereocenters. The number of fused-ring (bicyclic) bond motifs is 1. The number of tetrazole rings is 1. The normalized spacial score (nSPS) is 18.4. The highest BCUT2D eigenvalue weighted by Gasteiger charge is 2.29. The first-order valence-electron chi connectivity index (χ1n) is 15.2. The molecule has 0 saturated heterocycles. The zero-order chi connectivity index (χ0) is 31.3. The van der Waals surface area contributed by atoms with Crippen molar-refractivity contribution in [1.29, 1.82) is 0 Å². The number of carbonyl (C=O) groups is 3. The Balaban J connectivity index is 1.18. The molecule has 11 nitrogen and oxygen atoms in total. The number of amides is 3. The first-order chi connectivity index (χ1) is 21.9. The lowest BCUT2D eigenvalue weighted by Crippen LogP contribution is -2.48. The summed E-state index contributed by atoms with van der Waals surface area (Å²) in [6, 6.07) is 17.1. The van der Waals surface area contributed by atoms with E-state index in [1.165, 1.54) is 12.1 Å². The van der Waals surface area contributed by atoms with Crippen molar-refractivity contribution in [3.05, 3.63) is 77.6 Å². The minimum Gasteiger partial charge on any atom is -0.344 e. The van der Waals surface area contributed by atoms with E-state index < -0.39 is 17.8 Å². The predicted molar refractivity (Wildman–Crippen MR) is 167 cm³/mol. The van der Waals surface area contributed by atoms with Crippen LogP contribution in [0.25, 0.3) is 22.5 Å². The Kier molecular flexibility index (Phi) is 8.92. The van der Waals surface area contributed by atoms with Crippen molar-refractivity contribution >= 4 is 29.1 Å². The maximum atomic E-state index is 14.8. The minimum atomic E-state index is -0.894. The van der Waals surface area contributed by atoms with Gasteiger partial charge in [0.15, 0.2) is 0 Å². The van der Waals surface area contributed by atoms with Crippen LogP contribution in [0.15, 0.2) is 60.7 Å². The second-order valence-electron chi connectivity index (χ2n) is 11.8. The molecule has 1 aliphatic heterocycles. The average molecular weight is 611 g/mol. The Morgan fingerprint density at radius 1 is 0.978 bits per heavy atom. The number of aromatic nitrogens is 4. The van der Waals surface area contributed by atoms with Crippen LogP contribution in [0, 0.1) is 17.7 Å². The molecule has 1 atom stereocenters. The predicted octanol–water partition coefficient (Wildman–Crippen LogP) is 3.99. The molecular formula is C33H35FN8O3. The third-order valence-corrected chi connectivity index (χ3v) is 8.74. The number of halogens is 1. The van der Waals surface area contributed by atoms with Crippen LogP contribution in [-0.2, 0) is 27.2 Å². The highest BCUT2D eigenvalue weighted by atomic mass is 19.1. The Labute approximate surface area is 259 Å². The summed E-state index contributed by atoms with van der Waals surface area (Å²) >= 11 is 0. The summed E-state index contributed by atoms with van der Waals surface area (Å²) in [7, 11) is 0. The molecule has 6 rings (SSSR count). The quantitative estimate of drug-likeness (QED) is 0.191. The van der Waals surface area contributed by atoms with Crippen molar-refractivity contribution in [3.63, 3.8) is 0 Å². The summed E-state index contributed by atoms with van der Waals surface area (Å²) in [5.74, 6) is -0.908. The number of aryl methyl sites for hydroxylation is 1. The maximum absolute atomic E-state index is 14.8. The van der Waals surface area contributed by atoms with Crippen molar-refractivity contribution in [3.8, 4) is 22.5 Å². The highest BCUT2D eigenvalue weighted by Crippen LogP contribution is 2.30. The van der Waals surface area contributed by atoms with Gasteiger partial charge in [0, 0.05) is 30.1 Å². The molecule has 12 heteroatoms. The number of hydrogen-bond acceptors (Lipinski definition) is 7. The van der Waals surface area contributed by atoms with Gasteiger partial charge in [-0.1, -0.05) is 36.4 Å². The Morgan fingerprint density at radius 3 is 2.47 bits per heavy atom. The number of carbonyl (C=O) groups excluding carboxylic acids is 3. The first-order valence-corrected chi connectivity index (χ1v) is 15.2. The topological polar surface area (TPSA) is 168 Å². The van der Waals surface area contributed by atoms with E-state index in [2.05, 4.69) is 36.6 Å². The smallest absolute Gasteiger partial charge is 0.247 e. The lowest BCUT2D eigenvalue weighted by atomic mass is 9.81. The van der Waals surface area contributed by atoms with E-state index in [0.717, 1.165) is 60.0 Å². The van der Waals surface area contributed by atoms with Crippen LogP contribution in [0.1, 0.15) is 43.2 Å². The van der Waals surface area contributed by atoms with Crippen LogP contribution in [-0.4, -0.2) is 50.9 Å². The summed E-state index contributed by atoms with van der Waals surface area (Å²) in [6.07, 6.45) is 4.65. The Morgan fingerprint density at radius 2 is 1.76 bits per heavy atom. The van der Waals surface area contributed by atoms with Crippen LogP contribution in [0.3, 0.4) is 0 Å². The van der Waals surface area contributed by atoms with Gasteiger partial charge in [0.25, 0.3) is 0 Å². The molecule has 4 aromatic rings. The summed E-state index contributed by atoms with van der Waals surface area (Å²) in [6.45, 7) is 0.609. The van der Waals surface area contributed by atoms with Crippen molar-refractivity contribution < 1.29 is 18.8 Å². The van der Waals surface area contributed by atoms with Crippen molar-refractivity contribution in [2.75, 3.05) is 17.2 Å². The third kappa shape index (κ3) is 7.07. The number of benzene rings is 3. The molecule has 1 fully saturated rings. The summed E-state index contributed by atoms with van der Waals surface area (Å²) < 4.78 is 14.8. The van der Waals surface area contributed by atoms with E-state index >= 15 is 0 Å². The Bertz CT molecular complexity index is 1680. The molecule has 0 bridgehead atoms. The number of anilines is 2. The summed E-state index contributed by atoms with van der Waals surface area (Å²) in [4.78, 5) is 38.8. The lowest BCUT2D eigenvalue weighted by Gasteiger charge is -2.28. The summed E-state index contributed by atoms with van der Waals surface area (Å²) in [5.41, 5.74) is 10.9. The van der Waals surface area contributed by atoms with Crippen LogP contribution in [0.5, 0.6) is 0 Å². The number of hydrogen-bond donors (Lipinski definition) is 5. The van der Waals surface area contributed by atoms with E-state index in [-0.39, 0.29) is 41.2 Å². The van der Waals surface area contributed by atoms with Crippen LogP contribution < -0.4 is 21.7 Å². The van der Waals surface area contributed by atoms with Crippen LogP contribution >= 0.6 is 0 Å². The maximum Gasteiger partial charge on any atom is 0.247 e. The second-order valence-corrected chi connectivity index (χ2v) is 11.8. The molecule has 0 spiro atoms. The number of rotatable bonds is 9. The van der Waals surface area contributed by atoms with E-state index in [4.69, 9.17) is 5.73 Å². The molecule has 45 heavy (non-hydrogen) atoms. The van der Waals surface area contributed by atoms with E-state index in [1.807, 2.05) is 42.5 Å². The molecule has 0 radical (unpaired) electrons. The summed E-state index contributed by atoms with van der Waals surface area (Å²) in [5, 5.41) is 22.0. The second kappa shape index (κ2) is 13.3. The van der Waals surface area contributed by atoms with Gasteiger partial charge in [-0.2, -0.15) is 5.21 Å². The molecular weight excluding hydrogens is 575 g/mol. The van der Waals surface area contributed by atoms with Gasteiger partial charge < -0.3 is 21.7 Å². The van der Waals surface area contributed by atoms with Crippen molar-refractivity contribution in [1.82, 2.24) is 25.9 Å². The van der Waals surface area contributed by atoms with Crippen LogP contribution in [0.2, 0.25) is 0 Å². The minimum absolute atomic E-state index is 0.0134. The molecule has 232 valence electrons. The van der Waals surface area contributed by atoms with Gasteiger partial charge in [0.05, 0.1) is 5.56 Å². The molecule has 1 aromatic heterocycles. The molecule has 1 aliphatic carbocycles. The molecule has 2 heterocycles. The van der Waals surface area contributed by atoms with Gasteiger partial charge in [0.2, 0.25) is 23.5 Å². The molecule has 3 amide bonds. The fourth-order valence-corrected chi connectivity index (χ4v) is 6.06. The lowest BCUT2D eigenvalue weighted by molar-refractivity contribution is -0.130. The fourth-order valence-electron chi connectivity index (χ4n) is 6.06. The monoisotopic (exact) mass is 610 g/mol. The number of H-pyrrole nitrogens is 1. The van der Waals surface area contributed by atoms with E-state index in [9.17, 15) is 18.8 Å². The van der Waals surface area contributed by atoms with Gasteiger partial charge in [-0.15, -0.1) is 10.2 Å². The van der Waals surface area contributed by atoms with E-state index in [1.54, 1.807) is 6.07 Å².